The molecule has 0 saturated heterocycles. The Balaban J connectivity index is 2.04. The lowest BCUT2D eigenvalue weighted by Crippen LogP contribution is -2.35. The van der Waals surface area contributed by atoms with E-state index < -0.39 is 10.0 Å². The molecule has 0 spiro atoms. The molecule has 2 aromatic rings. The van der Waals surface area contributed by atoms with E-state index in [-0.39, 0.29) is 6.04 Å². The van der Waals surface area contributed by atoms with Gasteiger partial charge >= 0.3 is 0 Å². The first-order valence-corrected chi connectivity index (χ1v) is 10.1. The van der Waals surface area contributed by atoms with Gasteiger partial charge in [0.1, 0.15) is 5.75 Å². The van der Waals surface area contributed by atoms with Gasteiger partial charge in [0, 0.05) is 10.5 Å². The molecule has 1 heterocycles. The first kappa shape index (κ1) is 17.3. The summed E-state index contributed by atoms with van der Waals surface area (Å²) in [7, 11) is -3.61. The molecule has 0 amide bonds. The van der Waals surface area contributed by atoms with E-state index >= 15 is 0 Å². The minimum absolute atomic E-state index is 0.105. The van der Waals surface area contributed by atoms with Crippen molar-refractivity contribution in [2.45, 2.75) is 38.1 Å². The van der Waals surface area contributed by atoms with Gasteiger partial charge in [-0.1, -0.05) is 15.9 Å². The van der Waals surface area contributed by atoms with Crippen LogP contribution in [0.1, 0.15) is 25.0 Å². The van der Waals surface area contributed by atoms with Crippen LogP contribution in [0.25, 0.3) is 0 Å². The van der Waals surface area contributed by atoms with Gasteiger partial charge in [-0.15, -0.1) is 0 Å². The fourth-order valence-electron chi connectivity index (χ4n) is 3.15. The van der Waals surface area contributed by atoms with Gasteiger partial charge in [0.25, 0.3) is 10.0 Å². The summed E-state index contributed by atoms with van der Waals surface area (Å²) >= 11 is 3.45. The summed E-state index contributed by atoms with van der Waals surface area (Å²) in [4.78, 5) is 0.297. The van der Waals surface area contributed by atoms with Crippen LogP contribution in [0.15, 0.2) is 45.8 Å². The second-order valence-electron chi connectivity index (χ2n) is 5.99. The van der Waals surface area contributed by atoms with Gasteiger partial charge in [0.05, 0.1) is 17.2 Å². The Labute approximate surface area is 151 Å². The van der Waals surface area contributed by atoms with Gasteiger partial charge in [0.15, 0.2) is 0 Å². The van der Waals surface area contributed by atoms with Crippen LogP contribution in [0.3, 0.4) is 0 Å². The molecule has 0 bridgehead atoms. The summed E-state index contributed by atoms with van der Waals surface area (Å²) in [6.07, 6.45) is 0.712. The van der Waals surface area contributed by atoms with E-state index in [1.807, 2.05) is 39.0 Å². The minimum Gasteiger partial charge on any atom is -0.494 e. The van der Waals surface area contributed by atoms with E-state index in [4.69, 9.17) is 4.74 Å². The summed E-state index contributed by atoms with van der Waals surface area (Å²) in [6, 6.07) is 10.7. The molecular weight excluding hydrogens is 390 g/mol. The van der Waals surface area contributed by atoms with Gasteiger partial charge in [0.2, 0.25) is 0 Å². The molecule has 6 heteroatoms. The number of aryl methyl sites for hydroxylation is 1. The first-order chi connectivity index (χ1) is 11.3. The maximum Gasteiger partial charge on any atom is 0.264 e. The summed E-state index contributed by atoms with van der Waals surface area (Å²) in [5.74, 6) is 0.718. The highest BCUT2D eigenvalue weighted by Crippen LogP contribution is 2.38. The largest absolute Gasteiger partial charge is 0.494 e. The van der Waals surface area contributed by atoms with Crippen molar-refractivity contribution >= 4 is 31.6 Å². The van der Waals surface area contributed by atoms with Gasteiger partial charge in [-0.05, 0) is 74.7 Å². The lowest BCUT2D eigenvalue weighted by molar-refractivity contribution is 0.337. The number of benzene rings is 2. The lowest BCUT2D eigenvalue weighted by atomic mass is 10.1. The first-order valence-electron chi connectivity index (χ1n) is 7.91. The Hall–Kier alpha value is -1.53. The molecule has 0 aliphatic carbocycles. The van der Waals surface area contributed by atoms with E-state index in [0.29, 0.717) is 17.9 Å². The van der Waals surface area contributed by atoms with Crippen LogP contribution in [0.4, 0.5) is 5.69 Å². The predicted octanol–water partition coefficient (Wildman–Crippen LogP) is 4.30. The van der Waals surface area contributed by atoms with Crippen LogP contribution in [0.5, 0.6) is 5.75 Å². The fourth-order valence-corrected chi connectivity index (χ4v) is 5.34. The Bertz CT molecular complexity index is 880. The number of sulfonamides is 1. The van der Waals surface area contributed by atoms with E-state index in [1.165, 1.54) is 4.31 Å². The Morgan fingerprint density at radius 3 is 2.67 bits per heavy atom. The molecule has 128 valence electrons. The average Bonchev–Trinajstić information content (AvgIpc) is 2.84. The third kappa shape index (κ3) is 2.93. The van der Waals surface area contributed by atoms with Crippen molar-refractivity contribution in [1.82, 2.24) is 0 Å². The zero-order chi connectivity index (χ0) is 17.5. The molecule has 24 heavy (non-hydrogen) atoms. The monoisotopic (exact) mass is 409 g/mol. The molecule has 2 aromatic carbocycles. The van der Waals surface area contributed by atoms with Crippen LogP contribution >= 0.6 is 15.9 Å². The fraction of sp³-hybridized carbons (Fsp3) is 0.333. The van der Waals surface area contributed by atoms with Crippen LogP contribution in [-0.2, 0) is 16.4 Å². The average molecular weight is 410 g/mol. The number of hydrogen-bond acceptors (Lipinski definition) is 3. The van der Waals surface area contributed by atoms with Crippen LogP contribution < -0.4 is 9.04 Å². The molecule has 0 N–H and O–H groups in total. The number of rotatable bonds is 4. The van der Waals surface area contributed by atoms with Gasteiger partial charge in [-0.25, -0.2) is 8.42 Å². The third-order valence-electron chi connectivity index (χ3n) is 4.20. The van der Waals surface area contributed by atoms with Gasteiger partial charge in [-0.2, -0.15) is 0 Å². The van der Waals surface area contributed by atoms with E-state index in [9.17, 15) is 8.42 Å². The summed E-state index contributed by atoms with van der Waals surface area (Å²) in [6.45, 7) is 6.26. The molecule has 0 aromatic heterocycles. The minimum atomic E-state index is -3.61. The van der Waals surface area contributed by atoms with Crippen molar-refractivity contribution in [2.24, 2.45) is 0 Å². The number of ether oxygens (including phenoxy) is 1. The maximum absolute atomic E-state index is 13.2. The normalized spacial score (nSPS) is 17.0. The maximum atomic E-state index is 13.2. The Morgan fingerprint density at radius 1 is 1.25 bits per heavy atom. The number of fused-ring (bicyclic) bond motifs is 1. The van der Waals surface area contributed by atoms with Crippen molar-refractivity contribution in [3.63, 3.8) is 0 Å². The highest BCUT2D eigenvalue weighted by atomic mass is 79.9. The molecule has 0 saturated carbocycles. The molecule has 1 atom stereocenters. The molecule has 4 nitrogen and oxygen atoms in total. The van der Waals surface area contributed by atoms with Crippen molar-refractivity contribution in [2.75, 3.05) is 10.9 Å². The SMILES string of the molecule is CCOc1ccc(S(=O)(=O)N2c3ccc(Br)cc3C[C@H]2C)cc1C. The van der Waals surface area contributed by atoms with Crippen LogP contribution in [0, 0.1) is 6.92 Å². The molecule has 0 radical (unpaired) electrons. The van der Waals surface area contributed by atoms with Gasteiger partial charge in [-0.3, -0.25) is 4.31 Å². The molecule has 1 aliphatic rings. The highest BCUT2D eigenvalue weighted by Gasteiger charge is 2.36. The predicted molar refractivity (Wildman–Crippen MR) is 99.3 cm³/mol. The van der Waals surface area contributed by atoms with E-state index in [1.54, 1.807) is 18.2 Å². The summed E-state index contributed by atoms with van der Waals surface area (Å²) < 4.78 is 34.4. The second-order valence-corrected chi connectivity index (χ2v) is 8.72. The van der Waals surface area contributed by atoms with Gasteiger partial charge < -0.3 is 4.74 Å². The van der Waals surface area contributed by atoms with Crippen molar-refractivity contribution in [3.05, 3.63) is 52.0 Å². The third-order valence-corrected chi connectivity index (χ3v) is 6.62. The number of nitrogens with zero attached hydrogens (tertiary/aromatic N) is 1. The summed E-state index contributed by atoms with van der Waals surface area (Å²) in [5, 5.41) is 0. The zero-order valence-corrected chi connectivity index (χ0v) is 16.3. The number of anilines is 1. The van der Waals surface area contributed by atoms with E-state index in [2.05, 4.69) is 15.9 Å². The van der Waals surface area contributed by atoms with Crippen LogP contribution in [0.2, 0.25) is 0 Å². The standard InChI is InChI=1S/C18H20BrNO3S/c1-4-23-18-8-6-16(9-12(18)2)24(21,22)20-13(3)10-14-11-15(19)5-7-17(14)20/h5-9,11,13H,4,10H2,1-3H3/t13-/m1/s1. The molecule has 1 aliphatic heterocycles. The zero-order valence-electron chi connectivity index (χ0n) is 13.9. The Morgan fingerprint density at radius 2 is 2.00 bits per heavy atom. The molecule has 0 unspecified atom stereocenters. The highest BCUT2D eigenvalue weighted by molar-refractivity contribution is 9.10. The number of halogens is 1. The lowest BCUT2D eigenvalue weighted by Gasteiger charge is -2.25. The van der Waals surface area contributed by atoms with Crippen molar-refractivity contribution in [1.29, 1.82) is 0 Å². The van der Waals surface area contributed by atoms with Crippen LogP contribution in [-0.4, -0.2) is 21.1 Å². The molecule has 3 rings (SSSR count). The second kappa shape index (κ2) is 6.41. The smallest absolute Gasteiger partial charge is 0.264 e. The van der Waals surface area contributed by atoms with E-state index in [0.717, 1.165) is 27.0 Å². The number of hydrogen-bond donors (Lipinski definition) is 0. The van der Waals surface area contributed by atoms with Crippen molar-refractivity contribution in [3.8, 4) is 5.75 Å². The summed E-state index contributed by atoms with van der Waals surface area (Å²) in [5.41, 5.74) is 2.63. The van der Waals surface area contributed by atoms with Crippen molar-refractivity contribution < 1.29 is 13.2 Å². The Kier molecular flexibility index (Phi) is 4.62. The quantitative estimate of drug-likeness (QED) is 0.755. The molecular formula is C18H20BrNO3S. The molecule has 0 fully saturated rings. The topological polar surface area (TPSA) is 46.6 Å².